The van der Waals surface area contributed by atoms with Gasteiger partial charge in [0.05, 0.1) is 18.8 Å². The molecule has 0 aromatic carbocycles. The van der Waals surface area contributed by atoms with E-state index in [9.17, 15) is 22.8 Å². The lowest BCUT2D eigenvalue weighted by Crippen LogP contribution is -2.60. The first-order valence-electron chi connectivity index (χ1n) is 6.21. The Kier molecular flexibility index (Phi) is 3.81. The van der Waals surface area contributed by atoms with E-state index in [2.05, 4.69) is 0 Å². The van der Waals surface area contributed by atoms with Crippen LogP contribution in [0.1, 0.15) is 12.8 Å². The first kappa shape index (κ1) is 14.9. The minimum Gasteiger partial charge on any atom is -0.465 e. The molecule has 0 aromatic heterocycles. The van der Waals surface area contributed by atoms with Gasteiger partial charge in [-0.1, -0.05) is 0 Å². The van der Waals surface area contributed by atoms with Crippen LogP contribution in [0.3, 0.4) is 0 Å². The van der Waals surface area contributed by atoms with Gasteiger partial charge in [-0.25, -0.2) is 4.79 Å². The molecule has 2 saturated heterocycles. The molecule has 0 saturated carbocycles. The zero-order valence-electron chi connectivity index (χ0n) is 10.7. The predicted octanol–water partition coefficient (Wildman–Crippen LogP) is 0.920. The number of piperidine rings is 1. The topological polar surface area (TPSA) is 70.1 Å². The Bertz CT molecular complexity index is 405. The minimum atomic E-state index is -4.89. The van der Waals surface area contributed by atoms with E-state index in [-0.39, 0.29) is 32.8 Å². The maximum atomic E-state index is 12.4. The summed E-state index contributed by atoms with van der Waals surface area (Å²) >= 11 is 0. The molecular weight excluding hydrogens is 281 g/mol. The highest BCUT2D eigenvalue weighted by atomic mass is 19.4. The average molecular weight is 296 g/mol. The molecule has 0 aliphatic carbocycles. The number of alkyl halides is 3. The number of carbonyl (C=O) groups is 2. The molecule has 2 rings (SSSR count). The predicted molar refractivity (Wildman–Crippen MR) is 60.1 cm³/mol. The van der Waals surface area contributed by atoms with E-state index in [1.54, 1.807) is 0 Å². The quantitative estimate of drug-likeness (QED) is 0.721. The molecule has 0 atom stereocenters. The molecule has 0 radical (unpaired) electrons. The molecule has 1 spiro atoms. The van der Waals surface area contributed by atoms with Crippen LogP contribution in [0.4, 0.5) is 18.0 Å². The van der Waals surface area contributed by atoms with Crippen LogP contribution >= 0.6 is 0 Å². The maximum Gasteiger partial charge on any atom is 0.471 e. The zero-order valence-corrected chi connectivity index (χ0v) is 10.7. The van der Waals surface area contributed by atoms with Gasteiger partial charge in [0.25, 0.3) is 0 Å². The van der Waals surface area contributed by atoms with Crippen molar-refractivity contribution in [2.75, 3.05) is 32.8 Å². The molecule has 2 aliphatic rings. The highest BCUT2D eigenvalue weighted by molar-refractivity contribution is 5.82. The van der Waals surface area contributed by atoms with Gasteiger partial charge in [-0.05, 0) is 12.8 Å². The largest absolute Gasteiger partial charge is 0.471 e. The van der Waals surface area contributed by atoms with Gasteiger partial charge in [0.2, 0.25) is 0 Å². The summed E-state index contributed by atoms with van der Waals surface area (Å²) < 4.78 is 42.9. The summed E-state index contributed by atoms with van der Waals surface area (Å²) in [5.74, 6) is -1.86. The fourth-order valence-corrected chi connectivity index (χ4v) is 2.61. The Morgan fingerprint density at radius 1 is 1.10 bits per heavy atom. The van der Waals surface area contributed by atoms with E-state index in [4.69, 9.17) is 9.84 Å². The van der Waals surface area contributed by atoms with Gasteiger partial charge in [-0.2, -0.15) is 13.2 Å². The second kappa shape index (κ2) is 5.12. The van der Waals surface area contributed by atoms with Crippen LogP contribution in [0, 0.1) is 0 Å². The van der Waals surface area contributed by atoms with Crippen molar-refractivity contribution in [1.82, 2.24) is 9.80 Å². The Morgan fingerprint density at radius 2 is 1.70 bits per heavy atom. The summed E-state index contributed by atoms with van der Waals surface area (Å²) in [5.41, 5.74) is -0.856. The molecule has 20 heavy (non-hydrogen) atoms. The molecule has 2 amide bonds. The fraction of sp³-hybridized carbons (Fsp3) is 0.818. The van der Waals surface area contributed by atoms with Crippen LogP contribution in [0.15, 0.2) is 0 Å². The Hall–Kier alpha value is -1.51. The van der Waals surface area contributed by atoms with Gasteiger partial charge in [-0.15, -0.1) is 0 Å². The number of amides is 2. The molecule has 2 fully saturated rings. The van der Waals surface area contributed by atoms with E-state index in [0.29, 0.717) is 12.8 Å². The van der Waals surface area contributed by atoms with Crippen molar-refractivity contribution in [1.29, 1.82) is 0 Å². The van der Waals surface area contributed by atoms with Crippen LogP contribution in [-0.4, -0.2) is 71.5 Å². The van der Waals surface area contributed by atoms with E-state index in [1.165, 1.54) is 4.90 Å². The molecule has 6 nitrogen and oxygen atoms in total. The summed E-state index contributed by atoms with van der Waals surface area (Å²) in [6.45, 7) is 0.198. The first-order valence-corrected chi connectivity index (χ1v) is 6.21. The van der Waals surface area contributed by atoms with Gasteiger partial charge in [-0.3, -0.25) is 4.79 Å². The highest BCUT2D eigenvalue weighted by Gasteiger charge is 2.48. The molecule has 2 heterocycles. The van der Waals surface area contributed by atoms with Gasteiger partial charge >= 0.3 is 18.2 Å². The highest BCUT2D eigenvalue weighted by Crippen LogP contribution is 2.31. The molecule has 0 aromatic rings. The van der Waals surface area contributed by atoms with Crippen LogP contribution < -0.4 is 0 Å². The molecule has 2 aliphatic heterocycles. The lowest BCUT2D eigenvalue weighted by atomic mass is 9.89. The second-order valence-electron chi connectivity index (χ2n) is 5.03. The summed E-state index contributed by atoms with van der Waals surface area (Å²) in [4.78, 5) is 24.0. The van der Waals surface area contributed by atoms with Crippen molar-refractivity contribution < 1.29 is 32.6 Å². The molecule has 1 N–H and O–H groups in total. The molecule has 0 unspecified atom stereocenters. The summed E-state index contributed by atoms with van der Waals surface area (Å²) in [6.07, 6.45) is -5.36. The zero-order chi connectivity index (χ0) is 15.0. The summed E-state index contributed by atoms with van der Waals surface area (Å²) in [5, 5.41) is 8.84. The van der Waals surface area contributed by atoms with Gasteiger partial charge in [0.15, 0.2) is 0 Å². The number of hydrogen-bond acceptors (Lipinski definition) is 3. The molecule has 9 heteroatoms. The molecular formula is C11H15F3N2O4. The number of nitrogens with zero attached hydrogens (tertiary/aromatic N) is 2. The van der Waals surface area contributed by atoms with Crippen molar-refractivity contribution >= 4 is 12.0 Å². The number of rotatable bonds is 0. The van der Waals surface area contributed by atoms with Crippen LogP contribution in [0.25, 0.3) is 0 Å². The third-order valence-electron chi connectivity index (χ3n) is 3.72. The number of halogens is 3. The van der Waals surface area contributed by atoms with Gasteiger partial charge in [0, 0.05) is 19.6 Å². The maximum absolute atomic E-state index is 12.4. The Balaban J connectivity index is 2.01. The van der Waals surface area contributed by atoms with Gasteiger partial charge in [0.1, 0.15) is 0 Å². The number of morpholine rings is 1. The smallest absolute Gasteiger partial charge is 0.465 e. The SMILES string of the molecule is O=C(O)N1CCC2(CC1)CN(C(=O)C(F)(F)F)CCO2. The monoisotopic (exact) mass is 296 g/mol. The third kappa shape index (κ3) is 2.97. The van der Waals surface area contributed by atoms with E-state index in [0.717, 1.165) is 4.90 Å². The average Bonchev–Trinajstić information content (AvgIpc) is 2.37. The third-order valence-corrected chi connectivity index (χ3v) is 3.72. The lowest BCUT2D eigenvalue weighted by Gasteiger charge is -2.46. The van der Waals surface area contributed by atoms with Gasteiger partial charge < -0.3 is 19.6 Å². The van der Waals surface area contributed by atoms with Crippen LogP contribution in [-0.2, 0) is 9.53 Å². The summed E-state index contributed by atoms with van der Waals surface area (Å²) in [7, 11) is 0. The fourth-order valence-electron chi connectivity index (χ4n) is 2.61. The molecule has 114 valence electrons. The summed E-state index contributed by atoms with van der Waals surface area (Å²) in [6, 6.07) is 0. The number of ether oxygens (including phenoxy) is 1. The van der Waals surface area contributed by atoms with Crippen molar-refractivity contribution in [2.45, 2.75) is 24.6 Å². The number of carbonyl (C=O) groups excluding carboxylic acids is 1. The van der Waals surface area contributed by atoms with E-state index in [1.807, 2.05) is 0 Å². The first-order chi connectivity index (χ1) is 9.23. The van der Waals surface area contributed by atoms with Crippen LogP contribution in [0.2, 0.25) is 0 Å². The van der Waals surface area contributed by atoms with Crippen LogP contribution in [0.5, 0.6) is 0 Å². The number of carboxylic acid groups (broad SMARTS) is 1. The molecule has 0 bridgehead atoms. The Morgan fingerprint density at radius 3 is 2.20 bits per heavy atom. The minimum absolute atomic E-state index is 0.0366. The van der Waals surface area contributed by atoms with Crippen molar-refractivity contribution in [2.24, 2.45) is 0 Å². The number of likely N-dealkylation sites (tertiary alicyclic amines) is 1. The standard InChI is InChI=1S/C11H15F3N2O4/c12-11(13,14)8(17)16-5-6-20-10(7-16)1-3-15(4-2-10)9(18)19/h1-7H2,(H,18,19). The van der Waals surface area contributed by atoms with Crippen molar-refractivity contribution in [3.63, 3.8) is 0 Å². The van der Waals surface area contributed by atoms with Crippen molar-refractivity contribution in [3.8, 4) is 0 Å². The Labute approximate surface area is 113 Å². The second-order valence-corrected chi connectivity index (χ2v) is 5.03. The van der Waals surface area contributed by atoms with E-state index < -0.39 is 23.8 Å². The normalized spacial score (nSPS) is 22.9. The van der Waals surface area contributed by atoms with Crippen molar-refractivity contribution in [3.05, 3.63) is 0 Å². The lowest BCUT2D eigenvalue weighted by molar-refractivity contribution is -0.200. The van der Waals surface area contributed by atoms with E-state index >= 15 is 0 Å². The number of hydrogen-bond donors (Lipinski definition) is 1.